The quantitative estimate of drug-likeness (QED) is 0.684. The average Bonchev–Trinajstić information content (AvgIpc) is 2.20. The minimum atomic E-state index is 0.134. The zero-order chi connectivity index (χ0) is 12.7. The molecule has 0 radical (unpaired) electrons. The Bertz CT molecular complexity index is 224. The van der Waals surface area contributed by atoms with E-state index in [0.717, 1.165) is 38.1 Å². The Morgan fingerprint density at radius 1 is 1.35 bits per heavy atom. The van der Waals surface area contributed by atoms with Gasteiger partial charge in [0.2, 0.25) is 5.91 Å². The van der Waals surface area contributed by atoms with Crippen LogP contribution in [0.3, 0.4) is 0 Å². The molecule has 1 saturated carbocycles. The van der Waals surface area contributed by atoms with Crippen molar-refractivity contribution in [1.29, 1.82) is 0 Å². The zero-order valence-electron chi connectivity index (χ0n) is 11.4. The molecule has 3 N–H and O–H groups in total. The van der Waals surface area contributed by atoms with Gasteiger partial charge >= 0.3 is 0 Å². The standard InChI is InChI=1S/C14H28N2O/c1-11(5-3-6-12(2)15)14(17)16-10-9-13-7-4-8-13/h11-13H,3-10,15H2,1-2H3,(H,16,17). The maximum Gasteiger partial charge on any atom is 0.222 e. The Morgan fingerprint density at radius 2 is 2.06 bits per heavy atom. The van der Waals surface area contributed by atoms with Crippen molar-refractivity contribution in [3.8, 4) is 0 Å². The lowest BCUT2D eigenvalue weighted by molar-refractivity contribution is -0.124. The smallest absolute Gasteiger partial charge is 0.222 e. The van der Waals surface area contributed by atoms with Gasteiger partial charge in [-0.3, -0.25) is 4.79 Å². The molecule has 2 atom stereocenters. The van der Waals surface area contributed by atoms with Gasteiger partial charge in [0.05, 0.1) is 0 Å². The van der Waals surface area contributed by atoms with Gasteiger partial charge in [-0.1, -0.05) is 32.6 Å². The van der Waals surface area contributed by atoms with E-state index in [1.165, 1.54) is 19.3 Å². The monoisotopic (exact) mass is 240 g/mol. The molecule has 17 heavy (non-hydrogen) atoms. The van der Waals surface area contributed by atoms with Crippen molar-refractivity contribution in [3.63, 3.8) is 0 Å². The van der Waals surface area contributed by atoms with Crippen molar-refractivity contribution in [1.82, 2.24) is 5.32 Å². The molecule has 2 unspecified atom stereocenters. The highest BCUT2D eigenvalue weighted by Crippen LogP contribution is 2.28. The largest absolute Gasteiger partial charge is 0.356 e. The molecule has 0 heterocycles. The fraction of sp³-hybridized carbons (Fsp3) is 0.929. The summed E-state index contributed by atoms with van der Waals surface area (Å²) >= 11 is 0. The van der Waals surface area contributed by atoms with Crippen LogP contribution >= 0.6 is 0 Å². The number of hydrogen-bond acceptors (Lipinski definition) is 2. The first kappa shape index (κ1) is 14.5. The van der Waals surface area contributed by atoms with E-state index < -0.39 is 0 Å². The summed E-state index contributed by atoms with van der Waals surface area (Å²) in [6, 6.07) is 0.254. The van der Waals surface area contributed by atoms with Gasteiger partial charge < -0.3 is 11.1 Å². The summed E-state index contributed by atoms with van der Waals surface area (Å²) in [5.41, 5.74) is 5.69. The molecule has 0 aliphatic heterocycles. The molecule has 0 bridgehead atoms. The molecule has 1 aliphatic rings. The third-order valence-electron chi connectivity index (χ3n) is 3.82. The predicted molar refractivity (Wildman–Crippen MR) is 71.6 cm³/mol. The van der Waals surface area contributed by atoms with E-state index in [9.17, 15) is 4.79 Å². The Hall–Kier alpha value is -0.570. The lowest BCUT2D eigenvalue weighted by atomic mass is 9.83. The van der Waals surface area contributed by atoms with Gasteiger partial charge in [0.25, 0.3) is 0 Å². The summed E-state index contributed by atoms with van der Waals surface area (Å²) in [6.07, 6.45) is 8.29. The highest BCUT2D eigenvalue weighted by atomic mass is 16.1. The molecule has 0 aromatic rings. The van der Waals surface area contributed by atoms with Gasteiger partial charge in [-0.15, -0.1) is 0 Å². The highest BCUT2D eigenvalue weighted by Gasteiger charge is 2.18. The van der Waals surface area contributed by atoms with Crippen LogP contribution in [-0.4, -0.2) is 18.5 Å². The third-order valence-corrected chi connectivity index (χ3v) is 3.82. The van der Waals surface area contributed by atoms with Gasteiger partial charge in [-0.05, 0) is 32.1 Å². The number of nitrogens with two attached hydrogens (primary N) is 1. The molecule has 1 amide bonds. The molecule has 0 saturated heterocycles. The molecule has 0 aromatic carbocycles. The third kappa shape index (κ3) is 6.06. The summed E-state index contributed by atoms with van der Waals surface area (Å²) in [5.74, 6) is 1.23. The van der Waals surface area contributed by atoms with Crippen LogP contribution in [0.4, 0.5) is 0 Å². The van der Waals surface area contributed by atoms with E-state index in [-0.39, 0.29) is 17.9 Å². The summed E-state index contributed by atoms with van der Waals surface area (Å²) < 4.78 is 0. The maximum absolute atomic E-state index is 11.8. The first-order chi connectivity index (χ1) is 8.09. The number of amides is 1. The summed E-state index contributed by atoms with van der Waals surface area (Å²) in [7, 11) is 0. The highest BCUT2D eigenvalue weighted by molar-refractivity contribution is 5.78. The number of hydrogen-bond donors (Lipinski definition) is 2. The van der Waals surface area contributed by atoms with Crippen LogP contribution in [-0.2, 0) is 4.79 Å². The Kier molecular flexibility index (Phi) is 6.56. The second-order valence-electron chi connectivity index (χ2n) is 5.69. The van der Waals surface area contributed by atoms with Crippen molar-refractivity contribution < 1.29 is 4.79 Å². The molecular formula is C14H28N2O. The lowest BCUT2D eigenvalue weighted by Gasteiger charge is -2.25. The van der Waals surface area contributed by atoms with Crippen molar-refractivity contribution >= 4 is 5.91 Å². The van der Waals surface area contributed by atoms with E-state index in [0.29, 0.717) is 0 Å². The van der Waals surface area contributed by atoms with E-state index in [2.05, 4.69) is 5.32 Å². The SMILES string of the molecule is CC(N)CCCC(C)C(=O)NCCC1CCC1. The Morgan fingerprint density at radius 3 is 2.59 bits per heavy atom. The minimum absolute atomic E-state index is 0.134. The van der Waals surface area contributed by atoms with Crippen molar-refractivity contribution in [2.75, 3.05) is 6.54 Å². The summed E-state index contributed by atoms with van der Waals surface area (Å²) in [6.45, 7) is 4.89. The van der Waals surface area contributed by atoms with Crippen LogP contribution in [0, 0.1) is 11.8 Å². The number of carbonyl (C=O) groups is 1. The second-order valence-corrected chi connectivity index (χ2v) is 5.69. The molecular weight excluding hydrogens is 212 g/mol. The summed E-state index contributed by atoms with van der Waals surface area (Å²) in [5, 5.41) is 3.05. The zero-order valence-corrected chi connectivity index (χ0v) is 11.4. The van der Waals surface area contributed by atoms with E-state index in [4.69, 9.17) is 5.73 Å². The normalized spacial score (nSPS) is 19.5. The molecule has 0 spiro atoms. The van der Waals surface area contributed by atoms with Crippen LogP contribution < -0.4 is 11.1 Å². The van der Waals surface area contributed by atoms with Gasteiger partial charge in [0.1, 0.15) is 0 Å². The minimum Gasteiger partial charge on any atom is -0.356 e. The first-order valence-corrected chi connectivity index (χ1v) is 7.13. The van der Waals surface area contributed by atoms with Gasteiger partial charge in [-0.25, -0.2) is 0 Å². The van der Waals surface area contributed by atoms with Gasteiger partial charge in [-0.2, -0.15) is 0 Å². The average molecular weight is 240 g/mol. The molecule has 1 aliphatic carbocycles. The molecule has 0 aromatic heterocycles. The molecule has 1 rings (SSSR count). The number of rotatable bonds is 8. The van der Waals surface area contributed by atoms with Gasteiger partial charge in [0, 0.05) is 18.5 Å². The van der Waals surface area contributed by atoms with Crippen molar-refractivity contribution in [2.45, 2.75) is 64.8 Å². The lowest BCUT2D eigenvalue weighted by Crippen LogP contribution is -2.31. The van der Waals surface area contributed by atoms with Crippen LogP contribution in [0.5, 0.6) is 0 Å². The van der Waals surface area contributed by atoms with Crippen LogP contribution in [0.15, 0.2) is 0 Å². The number of nitrogens with one attached hydrogen (secondary N) is 1. The molecule has 100 valence electrons. The summed E-state index contributed by atoms with van der Waals surface area (Å²) in [4.78, 5) is 11.8. The Labute approximate surface area is 106 Å². The number of carbonyl (C=O) groups excluding carboxylic acids is 1. The molecule has 3 nitrogen and oxygen atoms in total. The Balaban J connectivity index is 2.00. The van der Waals surface area contributed by atoms with Crippen molar-refractivity contribution in [3.05, 3.63) is 0 Å². The van der Waals surface area contributed by atoms with Crippen LogP contribution in [0.2, 0.25) is 0 Å². The van der Waals surface area contributed by atoms with Crippen LogP contribution in [0.1, 0.15) is 58.8 Å². The predicted octanol–water partition coefficient (Wildman–Crippen LogP) is 2.45. The molecule has 1 fully saturated rings. The fourth-order valence-corrected chi connectivity index (χ4v) is 2.23. The van der Waals surface area contributed by atoms with Crippen molar-refractivity contribution in [2.24, 2.45) is 17.6 Å². The van der Waals surface area contributed by atoms with E-state index in [1.54, 1.807) is 0 Å². The van der Waals surface area contributed by atoms with E-state index >= 15 is 0 Å². The topological polar surface area (TPSA) is 55.1 Å². The molecule has 3 heteroatoms. The first-order valence-electron chi connectivity index (χ1n) is 7.13. The maximum atomic E-state index is 11.8. The van der Waals surface area contributed by atoms with Gasteiger partial charge in [0.15, 0.2) is 0 Å². The van der Waals surface area contributed by atoms with Crippen LogP contribution in [0.25, 0.3) is 0 Å². The fourth-order valence-electron chi connectivity index (χ4n) is 2.23. The van der Waals surface area contributed by atoms with E-state index in [1.807, 2.05) is 13.8 Å². The second kappa shape index (κ2) is 7.70.